The molecule has 1 fully saturated rings. The smallest absolute Gasteiger partial charge is 0.241 e. The van der Waals surface area contributed by atoms with Crippen molar-refractivity contribution in [2.24, 2.45) is 10.9 Å². The minimum absolute atomic E-state index is 0.103. The number of hydrazone groups is 1. The Morgan fingerprint density at radius 2 is 1.88 bits per heavy atom. The topological polar surface area (TPSA) is 114 Å². The van der Waals surface area contributed by atoms with Crippen LogP contribution in [-0.4, -0.2) is 45.1 Å². The predicted molar refractivity (Wildman–Crippen MR) is 131 cm³/mol. The highest BCUT2D eigenvalue weighted by molar-refractivity contribution is 7.89. The minimum atomic E-state index is -3.86. The van der Waals surface area contributed by atoms with E-state index < -0.39 is 16.1 Å². The van der Waals surface area contributed by atoms with Crippen LogP contribution in [0, 0.1) is 0 Å². The Kier molecular flexibility index (Phi) is 6.95. The van der Waals surface area contributed by atoms with Crippen molar-refractivity contribution in [3.8, 4) is 16.9 Å². The number of amides is 1. The Labute approximate surface area is 199 Å². The normalized spacial score (nSPS) is 16.3. The monoisotopic (exact) mass is 478 g/mol. The Morgan fingerprint density at radius 3 is 2.62 bits per heavy atom. The van der Waals surface area contributed by atoms with Crippen LogP contribution >= 0.6 is 0 Å². The summed E-state index contributed by atoms with van der Waals surface area (Å²) >= 11 is 0. The lowest BCUT2D eigenvalue weighted by Gasteiger charge is -2.18. The van der Waals surface area contributed by atoms with Gasteiger partial charge in [-0.25, -0.2) is 8.42 Å². The van der Waals surface area contributed by atoms with Gasteiger partial charge in [0.15, 0.2) is 0 Å². The largest absolute Gasteiger partial charge is 0.496 e. The number of rotatable bonds is 8. The van der Waals surface area contributed by atoms with Gasteiger partial charge < -0.3 is 15.5 Å². The first kappa shape index (κ1) is 23.5. The van der Waals surface area contributed by atoms with E-state index in [-0.39, 0.29) is 10.8 Å². The van der Waals surface area contributed by atoms with Crippen LogP contribution in [0.2, 0.25) is 0 Å². The highest BCUT2D eigenvalue weighted by Crippen LogP contribution is 2.30. The molecule has 0 bridgehead atoms. The predicted octanol–water partition coefficient (Wildman–Crippen LogP) is 2.73. The molecule has 1 heterocycles. The molecule has 3 aromatic carbocycles. The molecule has 0 aromatic heterocycles. The third-order valence-electron chi connectivity index (χ3n) is 5.73. The quantitative estimate of drug-likeness (QED) is 0.294. The van der Waals surface area contributed by atoms with Gasteiger partial charge in [0, 0.05) is 18.7 Å². The molecule has 34 heavy (non-hydrogen) atoms. The molecule has 0 aliphatic carbocycles. The second-order valence-corrected chi connectivity index (χ2v) is 9.68. The number of para-hydroxylation sites is 1. The number of methoxy groups -OCH3 is 1. The van der Waals surface area contributed by atoms with E-state index in [2.05, 4.69) is 9.82 Å². The van der Waals surface area contributed by atoms with Crippen LogP contribution in [0.15, 0.2) is 82.8 Å². The average Bonchev–Trinajstić information content (AvgIpc) is 3.18. The molecule has 1 aliphatic rings. The molecule has 1 saturated heterocycles. The lowest BCUT2D eigenvalue weighted by atomic mass is 10.1. The molecule has 9 heteroatoms. The molecule has 1 aliphatic heterocycles. The third-order valence-corrected chi connectivity index (χ3v) is 7.21. The van der Waals surface area contributed by atoms with Gasteiger partial charge in [0.2, 0.25) is 15.9 Å². The second kappa shape index (κ2) is 10.1. The van der Waals surface area contributed by atoms with Crippen molar-refractivity contribution in [2.45, 2.75) is 23.9 Å². The molecular formula is C25H26N4O4S. The Balaban J connectivity index is 1.44. The van der Waals surface area contributed by atoms with Crippen molar-refractivity contribution in [3.05, 3.63) is 83.9 Å². The zero-order valence-electron chi connectivity index (χ0n) is 18.7. The SMILES string of the molecule is COc1ccccc1-c1ccc(S(=O)(=O)N[C@H]2CCN(Cc3cccc(C=NN)c3)C2=O)cc1. The summed E-state index contributed by atoms with van der Waals surface area (Å²) in [5, 5.41) is 3.52. The number of carbonyl (C=O) groups is 1. The molecule has 0 radical (unpaired) electrons. The number of likely N-dealkylation sites (tertiary alicyclic amines) is 1. The summed E-state index contributed by atoms with van der Waals surface area (Å²) in [6.45, 7) is 0.852. The van der Waals surface area contributed by atoms with Crippen LogP contribution in [0.3, 0.4) is 0 Å². The van der Waals surface area contributed by atoms with E-state index in [4.69, 9.17) is 10.6 Å². The number of hydrogen-bond acceptors (Lipinski definition) is 6. The van der Waals surface area contributed by atoms with Gasteiger partial charge in [-0.1, -0.05) is 48.5 Å². The van der Waals surface area contributed by atoms with Gasteiger partial charge in [-0.3, -0.25) is 4.79 Å². The van der Waals surface area contributed by atoms with Crippen molar-refractivity contribution in [2.75, 3.05) is 13.7 Å². The summed E-state index contributed by atoms with van der Waals surface area (Å²) in [5.41, 5.74) is 3.45. The summed E-state index contributed by atoms with van der Waals surface area (Å²) in [4.78, 5) is 14.6. The van der Waals surface area contributed by atoms with E-state index in [1.165, 1.54) is 18.3 Å². The standard InChI is InChI=1S/C25H26N4O4S/c1-33-24-8-3-2-7-22(24)20-9-11-21(12-10-20)34(31,32)28-23-13-14-29(25(23)30)17-19-6-4-5-18(15-19)16-27-26/h2-12,15-16,23,28H,13-14,17,26H2,1H3/t23-/m0/s1. The fraction of sp³-hybridized carbons (Fsp3) is 0.200. The highest BCUT2D eigenvalue weighted by Gasteiger charge is 2.34. The third kappa shape index (κ3) is 5.11. The Morgan fingerprint density at radius 1 is 1.12 bits per heavy atom. The number of nitrogens with one attached hydrogen (secondary N) is 1. The maximum absolute atomic E-state index is 13.0. The van der Waals surface area contributed by atoms with E-state index in [0.29, 0.717) is 25.3 Å². The molecule has 3 aromatic rings. The van der Waals surface area contributed by atoms with Crippen molar-refractivity contribution in [1.29, 1.82) is 0 Å². The van der Waals surface area contributed by atoms with Crippen molar-refractivity contribution in [1.82, 2.24) is 9.62 Å². The lowest BCUT2D eigenvalue weighted by molar-refractivity contribution is -0.129. The summed E-state index contributed by atoms with van der Waals surface area (Å²) in [5.74, 6) is 5.67. The maximum Gasteiger partial charge on any atom is 0.241 e. The number of sulfonamides is 1. The minimum Gasteiger partial charge on any atom is -0.496 e. The van der Waals surface area contributed by atoms with Gasteiger partial charge in [-0.2, -0.15) is 9.82 Å². The van der Waals surface area contributed by atoms with Gasteiger partial charge in [-0.15, -0.1) is 0 Å². The summed E-state index contributed by atoms with van der Waals surface area (Å²) in [6, 6.07) is 20.8. The fourth-order valence-electron chi connectivity index (χ4n) is 4.04. The molecule has 1 atom stereocenters. The molecule has 0 saturated carbocycles. The second-order valence-electron chi connectivity index (χ2n) is 7.97. The number of nitrogens with zero attached hydrogens (tertiary/aromatic N) is 2. The van der Waals surface area contributed by atoms with Gasteiger partial charge in [0.05, 0.1) is 18.2 Å². The number of ether oxygens (including phenoxy) is 1. The first-order chi connectivity index (χ1) is 16.4. The molecule has 0 spiro atoms. The number of nitrogens with two attached hydrogens (primary N) is 1. The Bertz CT molecular complexity index is 1310. The van der Waals surface area contributed by atoms with Crippen molar-refractivity contribution >= 4 is 22.1 Å². The van der Waals surface area contributed by atoms with Crippen LogP contribution in [-0.2, 0) is 21.4 Å². The highest BCUT2D eigenvalue weighted by atomic mass is 32.2. The fourth-order valence-corrected chi connectivity index (χ4v) is 5.26. The number of benzene rings is 3. The molecule has 8 nitrogen and oxygen atoms in total. The number of hydrogen-bond donors (Lipinski definition) is 2. The summed E-state index contributed by atoms with van der Waals surface area (Å²) < 4.78 is 33.9. The molecular weight excluding hydrogens is 452 g/mol. The van der Waals surface area contributed by atoms with Crippen LogP contribution in [0.25, 0.3) is 11.1 Å². The van der Waals surface area contributed by atoms with Gasteiger partial charge in [-0.05, 0) is 47.4 Å². The van der Waals surface area contributed by atoms with Gasteiger partial charge in [0.25, 0.3) is 0 Å². The van der Waals surface area contributed by atoms with Crippen molar-refractivity contribution < 1.29 is 17.9 Å². The summed E-state index contributed by atoms with van der Waals surface area (Å²) in [7, 11) is -2.27. The zero-order chi connectivity index (χ0) is 24.1. The first-order valence-electron chi connectivity index (χ1n) is 10.8. The molecule has 0 unspecified atom stereocenters. The van der Waals surface area contributed by atoms with Crippen LogP contribution in [0.1, 0.15) is 17.5 Å². The van der Waals surface area contributed by atoms with E-state index in [9.17, 15) is 13.2 Å². The van der Waals surface area contributed by atoms with Gasteiger partial charge in [0.1, 0.15) is 11.8 Å². The van der Waals surface area contributed by atoms with Crippen molar-refractivity contribution in [3.63, 3.8) is 0 Å². The van der Waals surface area contributed by atoms with Crippen LogP contribution in [0.5, 0.6) is 5.75 Å². The first-order valence-corrected chi connectivity index (χ1v) is 12.3. The Hall–Kier alpha value is -3.69. The summed E-state index contributed by atoms with van der Waals surface area (Å²) in [6.07, 6.45) is 1.94. The molecule has 1 amide bonds. The van der Waals surface area contributed by atoms with Crippen LogP contribution in [0.4, 0.5) is 0 Å². The molecule has 176 valence electrons. The zero-order valence-corrected chi connectivity index (χ0v) is 19.5. The molecule has 4 rings (SSSR count). The maximum atomic E-state index is 13.0. The van der Waals surface area contributed by atoms with E-state index in [1.807, 2.05) is 48.5 Å². The lowest BCUT2D eigenvalue weighted by Crippen LogP contribution is -2.41. The van der Waals surface area contributed by atoms with Crippen LogP contribution < -0.4 is 15.3 Å². The van der Waals surface area contributed by atoms with E-state index in [1.54, 1.807) is 24.1 Å². The van der Waals surface area contributed by atoms with E-state index in [0.717, 1.165) is 22.3 Å². The average molecular weight is 479 g/mol. The molecule has 3 N–H and O–H groups in total. The number of carbonyl (C=O) groups excluding carboxylic acids is 1. The van der Waals surface area contributed by atoms with E-state index >= 15 is 0 Å². The van der Waals surface area contributed by atoms with Gasteiger partial charge >= 0.3 is 0 Å².